The van der Waals surface area contributed by atoms with Gasteiger partial charge in [-0.2, -0.15) is 0 Å². The molecule has 1 aromatic heterocycles. The van der Waals surface area contributed by atoms with Crippen LogP contribution >= 0.6 is 0 Å². The van der Waals surface area contributed by atoms with Crippen molar-refractivity contribution in [2.45, 2.75) is 45.4 Å². The molecule has 4 nitrogen and oxygen atoms in total. The van der Waals surface area contributed by atoms with Crippen LogP contribution in [0.5, 0.6) is 0 Å². The summed E-state index contributed by atoms with van der Waals surface area (Å²) in [6, 6.07) is 2.48. The lowest BCUT2D eigenvalue weighted by Gasteiger charge is -1.97. The molecule has 0 aliphatic carbocycles. The van der Waals surface area contributed by atoms with Gasteiger partial charge in [-0.15, -0.1) is 0 Å². The molecule has 1 aromatic carbocycles. The SMILES string of the molecule is CCCCCCCc1nc2cc(C(=O)O)c(F)cc2[nH]1. The molecule has 0 saturated carbocycles. The highest BCUT2D eigenvalue weighted by atomic mass is 19.1. The number of aromatic amines is 1. The van der Waals surface area contributed by atoms with Gasteiger partial charge in [-0.05, 0) is 12.5 Å². The molecule has 2 aromatic rings. The van der Waals surface area contributed by atoms with Gasteiger partial charge < -0.3 is 10.1 Å². The van der Waals surface area contributed by atoms with Crippen LogP contribution in [-0.4, -0.2) is 21.0 Å². The van der Waals surface area contributed by atoms with Crippen LogP contribution in [-0.2, 0) is 6.42 Å². The van der Waals surface area contributed by atoms with E-state index in [1.165, 1.54) is 31.4 Å². The average molecular weight is 278 g/mol. The van der Waals surface area contributed by atoms with Crippen LogP contribution in [0.25, 0.3) is 11.0 Å². The van der Waals surface area contributed by atoms with Crippen LogP contribution in [0.3, 0.4) is 0 Å². The molecule has 0 aliphatic rings. The zero-order valence-corrected chi connectivity index (χ0v) is 11.6. The number of hydrogen-bond acceptors (Lipinski definition) is 2. The largest absolute Gasteiger partial charge is 0.478 e. The van der Waals surface area contributed by atoms with Crippen LogP contribution in [0, 0.1) is 5.82 Å². The van der Waals surface area contributed by atoms with Crippen LogP contribution in [0.2, 0.25) is 0 Å². The van der Waals surface area contributed by atoms with E-state index in [0.717, 1.165) is 25.1 Å². The summed E-state index contributed by atoms with van der Waals surface area (Å²) in [5.41, 5.74) is 0.724. The molecule has 0 aliphatic heterocycles. The third-order valence-electron chi connectivity index (χ3n) is 3.37. The number of benzene rings is 1. The van der Waals surface area contributed by atoms with E-state index < -0.39 is 11.8 Å². The average Bonchev–Trinajstić information content (AvgIpc) is 2.79. The maximum Gasteiger partial charge on any atom is 0.338 e. The summed E-state index contributed by atoms with van der Waals surface area (Å²) in [4.78, 5) is 18.2. The summed E-state index contributed by atoms with van der Waals surface area (Å²) in [7, 11) is 0. The standard InChI is InChI=1S/C15H19FN2O2/c1-2-3-4-5-6-7-14-17-12-8-10(15(19)20)11(16)9-13(12)18-14/h8-9H,2-7H2,1H3,(H,17,18)(H,19,20). The number of aryl methyl sites for hydroxylation is 1. The fourth-order valence-electron chi connectivity index (χ4n) is 2.26. The van der Waals surface area contributed by atoms with Gasteiger partial charge in [-0.25, -0.2) is 14.2 Å². The van der Waals surface area contributed by atoms with E-state index in [0.29, 0.717) is 11.0 Å². The van der Waals surface area contributed by atoms with E-state index in [1.807, 2.05) is 0 Å². The lowest BCUT2D eigenvalue weighted by atomic mass is 10.1. The minimum Gasteiger partial charge on any atom is -0.478 e. The number of H-pyrrole nitrogens is 1. The first-order chi connectivity index (χ1) is 9.61. The van der Waals surface area contributed by atoms with Gasteiger partial charge in [-0.1, -0.05) is 32.6 Å². The Balaban J connectivity index is 2.07. The minimum absolute atomic E-state index is 0.335. The third-order valence-corrected chi connectivity index (χ3v) is 3.37. The van der Waals surface area contributed by atoms with Gasteiger partial charge >= 0.3 is 5.97 Å². The fourth-order valence-corrected chi connectivity index (χ4v) is 2.26. The summed E-state index contributed by atoms with van der Waals surface area (Å²) >= 11 is 0. The molecule has 0 unspecified atom stereocenters. The molecule has 0 saturated heterocycles. The van der Waals surface area contributed by atoms with Crippen molar-refractivity contribution in [2.75, 3.05) is 0 Å². The molecular formula is C15H19FN2O2. The van der Waals surface area contributed by atoms with Crippen molar-refractivity contribution in [3.63, 3.8) is 0 Å². The van der Waals surface area contributed by atoms with Crippen LogP contribution in [0.15, 0.2) is 12.1 Å². The highest BCUT2D eigenvalue weighted by molar-refractivity contribution is 5.92. The summed E-state index contributed by atoms with van der Waals surface area (Å²) in [5, 5.41) is 8.88. The van der Waals surface area contributed by atoms with Crippen molar-refractivity contribution >= 4 is 17.0 Å². The molecule has 5 heteroatoms. The summed E-state index contributed by atoms with van der Waals surface area (Å²) in [6.45, 7) is 2.17. The number of carboxylic acid groups (broad SMARTS) is 1. The van der Waals surface area contributed by atoms with E-state index >= 15 is 0 Å². The number of imidazole rings is 1. The lowest BCUT2D eigenvalue weighted by Crippen LogP contribution is -1.99. The molecule has 20 heavy (non-hydrogen) atoms. The van der Waals surface area contributed by atoms with E-state index in [9.17, 15) is 9.18 Å². The minimum atomic E-state index is -1.27. The Hall–Kier alpha value is -1.91. The van der Waals surface area contributed by atoms with E-state index in [1.54, 1.807) is 0 Å². The van der Waals surface area contributed by atoms with Crippen LogP contribution < -0.4 is 0 Å². The molecule has 0 atom stereocenters. The van der Waals surface area contributed by atoms with Gasteiger partial charge in [0.25, 0.3) is 0 Å². The number of nitrogens with one attached hydrogen (secondary N) is 1. The van der Waals surface area contributed by atoms with Gasteiger partial charge in [0.1, 0.15) is 11.6 Å². The summed E-state index contributed by atoms with van der Waals surface area (Å²) in [5.74, 6) is -1.21. The number of hydrogen-bond donors (Lipinski definition) is 2. The maximum atomic E-state index is 13.5. The van der Waals surface area contributed by atoms with Crippen LogP contribution in [0.4, 0.5) is 4.39 Å². The quantitative estimate of drug-likeness (QED) is 0.754. The molecule has 0 fully saturated rings. The monoisotopic (exact) mass is 278 g/mol. The Kier molecular flexibility index (Phi) is 4.71. The van der Waals surface area contributed by atoms with Gasteiger partial charge in [0, 0.05) is 12.5 Å². The first-order valence-corrected chi connectivity index (χ1v) is 7.03. The molecule has 1 heterocycles. The van der Waals surface area contributed by atoms with Gasteiger partial charge in [0.2, 0.25) is 0 Å². The molecule has 0 radical (unpaired) electrons. The second kappa shape index (κ2) is 6.50. The van der Waals surface area contributed by atoms with E-state index in [4.69, 9.17) is 5.11 Å². The molecular weight excluding hydrogens is 259 g/mol. The zero-order valence-electron chi connectivity index (χ0n) is 11.6. The van der Waals surface area contributed by atoms with E-state index in [-0.39, 0.29) is 5.56 Å². The summed E-state index contributed by atoms with van der Waals surface area (Å²) in [6.07, 6.45) is 6.67. The molecule has 2 N–H and O–H groups in total. The Morgan fingerprint density at radius 3 is 2.75 bits per heavy atom. The van der Waals surface area contributed by atoms with Crippen molar-refractivity contribution < 1.29 is 14.3 Å². The van der Waals surface area contributed by atoms with Crippen LogP contribution in [0.1, 0.15) is 55.2 Å². The molecule has 2 rings (SSSR count). The highest BCUT2D eigenvalue weighted by Crippen LogP contribution is 2.18. The Morgan fingerprint density at radius 1 is 1.30 bits per heavy atom. The number of carbonyl (C=O) groups is 1. The number of halogens is 1. The first-order valence-electron chi connectivity index (χ1n) is 7.03. The number of fused-ring (bicyclic) bond motifs is 1. The lowest BCUT2D eigenvalue weighted by molar-refractivity contribution is 0.0692. The van der Waals surface area contributed by atoms with E-state index in [2.05, 4.69) is 16.9 Å². The van der Waals surface area contributed by atoms with Gasteiger partial charge in [0.05, 0.1) is 16.6 Å². The Bertz CT molecular complexity index is 607. The zero-order chi connectivity index (χ0) is 14.5. The van der Waals surface area contributed by atoms with Crippen molar-refractivity contribution in [1.82, 2.24) is 9.97 Å². The normalized spacial score (nSPS) is 11.1. The third kappa shape index (κ3) is 3.35. The smallest absolute Gasteiger partial charge is 0.338 e. The predicted molar refractivity (Wildman–Crippen MR) is 75.5 cm³/mol. The Morgan fingerprint density at radius 2 is 2.05 bits per heavy atom. The van der Waals surface area contributed by atoms with Gasteiger partial charge in [-0.3, -0.25) is 0 Å². The highest BCUT2D eigenvalue weighted by Gasteiger charge is 2.13. The Labute approximate surface area is 117 Å². The number of nitrogens with zero attached hydrogens (tertiary/aromatic N) is 1. The van der Waals surface area contributed by atoms with Crippen molar-refractivity contribution in [3.05, 3.63) is 29.3 Å². The van der Waals surface area contributed by atoms with Crippen molar-refractivity contribution in [1.29, 1.82) is 0 Å². The van der Waals surface area contributed by atoms with Crippen molar-refractivity contribution in [3.8, 4) is 0 Å². The number of rotatable bonds is 7. The second-order valence-electron chi connectivity index (χ2n) is 5.00. The number of aromatic nitrogens is 2. The fraction of sp³-hybridized carbons (Fsp3) is 0.467. The molecule has 108 valence electrons. The first kappa shape index (κ1) is 14.5. The number of aromatic carboxylic acids is 1. The molecule has 0 amide bonds. The number of carboxylic acids is 1. The summed E-state index contributed by atoms with van der Waals surface area (Å²) < 4.78 is 13.5. The topological polar surface area (TPSA) is 66.0 Å². The molecule has 0 spiro atoms. The maximum absolute atomic E-state index is 13.5. The van der Waals surface area contributed by atoms with Gasteiger partial charge in [0.15, 0.2) is 0 Å². The van der Waals surface area contributed by atoms with Crippen molar-refractivity contribution in [2.24, 2.45) is 0 Å². The molecule has 0 bridgehead atoms. The number of unbranched alkanes of at least 4 members (excludes halogenated alkanes) is 4. The predicted octanol–water partition coefficient (Wildman–Crippen LogP) is 3.91. The second-order valence-corrected chi connectivity index (χ2v) is 5.00.